The van der Waals surface area contributed by atoms with Crippen LogP contribution < -0.4 is 10.6 Å². The van der Waals surface area contributed by atoms with Gasteiger partial charge in [0.15, 0.2) is 5.13 Å². The second kappa shape index (κ2) is 6.76. The summed E-state index contributed by atoms with van der Waals surface area (Å²) < 4.78 is 0. The van der Waals surface area contributed by atoms with Crippen LogP contribution in [0.3, 0.4) is 0 Å². The van der Waals surface area contributed by atoms with Gasteiger partial charge in [-0.2, -0.15) is 0 Å². The summed E-state index contributed by atoms with van der Waals surface area (Å²) in [7, 11) is 1.83. The number of anilines is 1. The molecule has 1 aromatic heterocycles. The zero-order valence-electron chi connectivity index (χ0n) is 9.03. The SMILES string of the molecule is CNCC(C)C(=O)Nc1ncc(C)s1.Cl. The van der Waals surface area contributed by atoms with Gasteiger partial charge in [-0.1, -0.05) is 6.92 Å². The maximum Gasteiger partial charge on any atom is 0.230 e. The molecule has 0 saturated carbocycles. The lowest BCUT2D eigenvalue weighted by molar-refractivity contribution is -0.119. The highest BCUT2D eigenvalue weighted by Gasteiger charge is 2.12. The first-order chi connectivity index (χ1) is 6.63. The van der Waals surface area contributed by atoms with Gasteiger partial charge in [0.2, 0.25) is 5.91 Å². The topological polar surface area (TPSA) is 54.0 Å². The molecule has 0 aliphatic rings. The number of hydrogen-bond donors (Lipinski definition) is 2. The smallest absolute Gasteiger partial charge is 0.230 e. The first-order valence-electron chi connectivity index (χ1n) is 4.51. The van der Waals surface area contributed by atoms with Gasteiger partial charge in [0.05, 0.1) is 0 Å². The molecule has 0 radical (unpaired) electrons. The predicted octanol–water partition coefficient (Wildman–Crippen LogP) is 1.67. The molecule has 1 amide bonds. The van der Waals surface area contributed by atoms with Gasteiger partial charge >= 0.3 is 0 Å². The van der Waals surface area contributed by atoms with Crippen LogP contribution in [0.4, 0.5) is 5.13 Å². The molecule has 0 fully saturated rings. The first kappa shape index (κ1) is 14.3. The zero-order chi connectivity index (χ0) is 10.6. The van der Waals surface area contributed by atoms with E-state index in [2.05, 4.69) is 15.6 Å². The highest BCUT2D eigenvalue weighted by atomic mass is 35.5. The zero-order valence-corrected chi connectivity index (χ0v) is 10.7. The van der Waals surface area contributed by atoms with Crippen molar-refractivity contribution in [3.8, 4) is 0 Å². The average molecular weight is 250 g/mol. The Bertz CT molecular complexity index is 316. The van der Waals surface area contributed by atoms with Crippen LogP contribution in [-0.4, -0.2) is 24.5 Å². The van der Waals surface area contributed by atoms with E-state index in [1.165, 1.54) is 11.3 Å². The summed E-state index contributed by atoms with van der Waals surface area (Å²) in [6.07, 6.45) is 1.75. The van der Waals surface area contributed by atoms with E-state index in [1.807, 2.05) is 20.9 Å². The summed E-state index contributed by atoms with van der Waals surface area (Å²) in [5.74, 6) is -0.0297. The monoisotopic (exact) mass is 249 g/mol. The van der Waals surface area contributed by atoms with E-state index in [1.54, 1.807) is 6.20 Å². The van der Waals surface area contributed by atoms with Crippen LogP contribution in [-0.2, 0) is 4.79 Å². The van der Waals surface area contributed by atoms with Crippen molar-refractivity contribution in [2.45, 2.75) is 13.8 Å². The third kappa shape index (κ3) is 4.59. The second-order valence-electron chi connectivity index (χ2n) is 3.22. The van der Waals surface area contributed by atoms with Crippen LogP contribution in [0.15, 0.2) is 6.20 Å². The van der Waals surface area contributed by atoms with Crippen molar-refractivity contribution >= 4 is 34.8 Å². The molecule has 0 spiro atoms. The molecule has 1 unspecified atom stereocenters. The van der Waals surface area contributed by atoms with Crippen LogP contribution in [0, 0.1) is 12.8 Å². The largest absolute Gasteiger partial charge is 0.319 e. The van der Waals surface area contributed by atoms with E-state index < -0.39 is 0 Å². The Kier molecular flexibility index (Phi) is 6.47. The standard InChI is InChI=1S/C9H15N3OS.ClH/c1-6(4-10-3)8(13)12-9-11-5-7(2)14-9;/h5-6,10H,4H2,1-3H3,(H,11,12,13);1H. The van der Waals surface area contributed by atoms with Crippen LogP contribution in [0.2, 0.25) is 0 Å². The van der Waals surface area contributed by atoms with Gasteiger partial charge in [-0.15, -0.1) is 23.7 Å². The minimum Gasteiger partial charge on any atom is -0.319 e. The number of halogens is 1. The van der Waals surface area contributed by atoms with Gasteiger partial charge in [0.1, 0.15) is 0 Å². The maximum absolute atomic E-state index is 11.5. The fraction of sp³-hybridized carbons (Fsp3) is 0.556. The van der Waals surface area contributed by atoms with E-state index in [0.717, 1.165) is 4.88 Å². The first-order valence-corrected chi connectivity index (χ1v) is 5.33. The minimum absolute atomic E-state index is 0. The van der Waals surface area contributed by atoms with Crippen molar-refractivity contribution in [2.75, 3.05) is 18.9 Å². The molecule has 0 bridgehead atoms. The molecule has 0 aromatic carbocycles. The number of nitrogens with zero attached hydrogens (tertiary/aromatic N) is 1. The van der Waals surface area contributed by atoms with Crippen molar-refractivity contribution < 1.29 is 4.79 Å². The van der Waals surface area contributed by atoms with Crippen molar-refractivity contribution in [1.29, 1.82) is 0 Å². The summed E-state index contributed by atoms with van der Waals surface area (Å²) in [6, 6.07) is 0. The summed E-state index contributed by atoms with van der Waals surface area (Å²) in [6.45, 7) is 4.52. The third-order valence-corrected chi connectivity index (χ3v) is 2.64. The van der Waals surface area contributed by atoms with Crippen molar-refractivity contribution in [3.63, 3.8) is 0 Å². The molecule has 2 N–H and O–H groups in total. The molecular formula is C9H16ClN3OS. The van der Waals surface area contributed by atoms with Crippen LogP contribution in [0.5, 0.6) is 0 Å². The molecule has 1 heterocycles. The lowest BCUT2D eigenvalue weighted by atomic mass is 10.2. The molecule has 6 heteroatoms. The van der Waals surface area contributed by atoms with Gasteiger partial charge < -0.3 is 10.6 Å². The number of carbonyl (C=O) groups excluding carboxylic acids is 1. The summed E-state index contributed by atoms with van der Waals surface area (Å²) in [4.78, 5) is 16.7. The van der Waals surface area contributed by atoms with Crippen molar-refractivity contribution in [1.82, 2.24) is 10.3 Å². The molecule has 1 aromatic rings. The Hall–Kier alpha value is -0.650. The predicted molar refractivity (Wildman–Crippen MR) is 65.8 cm³/mol. The van der Waals surface area contributed by atoms with E-state index in [4.69, 9.17) is 0 Å². The molecule has 0 aliphatic heterocycles. The number of hydrogen-bond acceptors (Lipinski definition) is 4. The molecule has 15 heavy (non-hydrogen) atoms. The number of carbonyl (C=O) groups is 1. The number of aromatic nitrogens is 1. The molecular weight excluding hydrogens is 234 g/mol. The Morgan fingerprint density at radius 1 is 1.67 bits per heavy atom. The second-order valence-corrected chi connectivity index (χ2v) is 4.46. The number of aryl methyl sites for hydroxylation is 1. The number of thiazole rings is 1. The molecule has 86 valence electrons. The van der Waals surface area contributed by atoms with Crippen molar-refractivity contribution in [3.05, 3.63) is 11.1 Å². The summed E-state index contributed by atoms with van der Waals surface area (Å²) in [5.41, 5.74) is 0. The normalized spacial score (nSPS) is 11.7. The Labute approximate surface area is 99.9 Å². The average Bonchev–Trinajstić information content (AvgIpc) is 2.51. The Morgan fingerprint density at radius 3 is 2.80 bits per heavy atom. The number of amides is 1. The molecule has 0 saturated heterocycles. The highest BCUT2D eigenvalue weighted by Crippen LogP contribution is 2.16. The number of nitrogens with one attached hydrogen (secondary N) is 2. The lowest BCUT2D eigenvalue weighted by Gasteiger charge is -2.08. The van der Waals surface area contributed by atoms with E-state index >= 15 is 0 Å². The van der Waals surface area contributed by atoms with E-state index in [9.17, 15) is 4.79 Å². The van der Waals surface area contributed by atoms with E-state index in [-0.39, 0.29) is 24.2 Å². The Morgan fingerprint density at radius 2 is 2.33 bits per heavy atom. The van der Waals surface area contributed by atoms with Gasteiger partial charge in [-0.05, 0) is 14.0 Å². The fourth-order valence-electron chi connectivity index (χ4n) is 1.04. The van der Waals surface area contributed by atoms with Crippen LogP contribution in [0.25, 0.3) is 0 Å². The van der Waals surface area contributed by atoms with Crippen LogP contribution >= 0.6 is 23.7 Å². The maximum atomic E-state index is 11.5. The van der Waals surface area contributed by atoms with Gasteiger partial charge in [0.25, 0.3) is 0 Å². The van der Waals surface area contributed by atoms with E-state index in [0.29, 0.717) is 11.7 Å². The highest BCUT2D eigenvalue weighted by molar-refractivity contribution is 7.15. The molecule has 1 atom stereocenters. The van der Waals surface area contributed by atoms with Gasteiger partial charge in [-0.25, -0.2) is 4.98 Å². The van der Waals surface area contributed by atoms with Gasteiger partial charge in [-0.3, -0.25) is 4.79 Å². The molecule has 0 aliphatic carbocycles. The lowest BCUT2D eigenvalue weighted by Crippen LogP contribution is -2.28. The quantitative estimate of drug-likeness (QED) is 0.854. The minimum atomic E-state index is -0.0378. The van der Waals surface area contributed by atoms with Gasteiger partial charge in [0, 0.05) is 23.5 Å². The summed E-state index contributed by atoms with van der Waals surface area (Å²) >= 11 is 1.49. The Balaban J connectivity index is 0.00000196. The summed E-state index contributed by atoms with van der Waals surface area (Å²) in [5, 5.41) is 6.41. The third-order valence-electron chi connectivity index (χ3n) is 1.81. The van der Waals surface area contributed by atoms with Crippen LogP contribution in [0.1, 0.15) is 11.8 Å². The van der Waals surface area contributed by atoms with Crippen molar-refractivity contribution in [2.24, 2.45) is 5.92 Å². The fourth-order valence-corrected chi connectivity index (χ4v) is 1.71. The molecule has 1 rings (SSSR count). The molecule has 4 nitrogen and oxygen atoms in total. The number of rotatable bonds is 4.